The number of para-hydroxylation sites is 1. The van der Waals surface area contributed by atoms with Crippen molar-refractivity contribution in [2.24, 2.45) is 4.99 Å². The SMILES string of the molecule is CCc1ccccc1NC1=NCCC1. The van der Waals surface area contributed by atoms with Crippen LogP contribution in [0.25, 0.3) is 0 Å². The number of nitrogens with zero attached hydrogens (tertiary/aromatic N) is 1. The standard InChI is InChI=1S/C12H16N2/c1-2-10-6-3-4-7-11(10)14-12-8-5-9-13-12/h3-4,6-7H,2,5,8-9H2,1H3,(H,13,14). The normalized spacial score (nSPS) is 15.4. The molecular formula is C12H16N2. The molecule has 0 bridgehead atoms. The zero-order valence-electron chi connectivity index (χ0n) is 8.59. The molecule has 2 nitrogen and oxygen atoms in total. The maximum Gasteiger partial charge on any atom is 0.101 e. The number of amidine groups is 1. The van der Waals surface area contributed by atoms with Crippen LogP contribution in [0.2, 0.25) is 0 Å². The fourth-order valence-electron chi connectivity index (χ4n) is 1.75. The van der Waals surface area contributed by atoms with Gasteiger partial charge in [0.1, 0.15) is 5.84 Å². The Bertz CT molecular complexity index is 342. The molecule has 0 unspecified atom stereocenters. The number of rotatable bonds is 2. The topological polar surface area (TPSA) is 24.4 Å². The van der Waals surface area contributed by atoms with Crippen LogP contribution in [0.5, 0.6) is 0 Å². The minimum atomic E-state index is 0.983. The lowest BCUT2D eigenvalue weighted by atomic mass is 10.1. The van der Waals surface area contributed by atoms with Crippen LogP contribution in [-0.4, -0.2) is 12.4 Å². The molecule has 0 radical (unpaired) electrons. The predicted molar refractivity (Wildman–Crippen MR) is 61.0 cm³/mol. The van der Waals surface area contributed by atoms with E-state index in [1.165, 1.54) is 17.7 Å². The molecule has 0 aliphatic carbocycles. The zero-order valence-corrected chi connectivity index (χ0v) is 8.59. The number of anilines is 1. The molecule has 0 atom stereocenters. The van der Waals surface area contributed by atoms with Crippen LogP contribution in [0, 0.1) is 0 Å². The van der Waals surface area contributed by atoms with Crippen molar-refractivity contribution in [3.8, 4) is 0 Å². The van der Waals surface area contributed by atoms with Crippen molar-refractivity contribution in [1.82, 2.24) is 0 Å². The Balaban J connectivity index is 2.15. The molecule has 0 amide bonds. The molecule has 1 heterocycles. The fourth-order valence-corrected chi connectivity index (χ4v) is 1.75. The molecule has 74 valence electrons. The molecule has 14 heavy (non-hydrogen) atoms. The van der Waals surface area contributed by atoms with Crippen LogP contribution in [0.1, 0.15) is 25.3 Å². The number of aliphatic imine (C=N–C) groups is 1. The van der Waals surface area contributed by atoms with Gasteiger partial charge in [0.2, 0.25) is 0 Å². The van der Waals surface area contributed by atoms with Gasteiger partial charge in [-0.15, -0.1) is 0 Å². The van der Waals surface area contributed by atoms with Crippen molar-refractivity contribution in [3.05, 3.63) is 29.8 Å². The summed E-state index contributed by atoms with van der Waals surface area (Å²) in [6.45, 7) is 3.16. The average Bonchev–Trinajstić information content (AvgIpc) is 2.71. The number of nitrogens with one attached hydrogen (secondary N) is 1. The summed E-state index contributed by atoms with van der Waals surface area (Å²) in [6, 6.07) is 8.44. The van der Waals surface area contributed by atoms with E-state index >= 15 is 0 Å². The first kappa shape index (κ1) is 9.25. The van der Waals surface area contributed by atoms with Gasteiger partial charge in [-0.05, 0) is 24.5 Å². The maximum absolute atomic E-state index is 4.41. The van der Waals surface area contributed by atoms with Gasteiger partial charge in [0.25, 0.3) is 0 Å². The van der Waals surface area contributed by atoms with Gasteiger partial charge in [0.15, 0.2) is 0 Å². The van der Waals surface area contributed by atoms with E-state index in [2.05, 4.69) is 41.5 Å². The Hall–Kier alpha value is -1.31. The molecule has 2 rings (SSSR count). The first-order valence-corrected chi connectivity index (χ1v) is 5.28. The molecular weight excluding hydrogens is 172 g/mol. The van der Waals surface area contributed by atoms with Crippen LogP contribution >= 0.6 is 0 Å². The average molecular weight is 188 g/mol. The largest absolute Gasteiger partial charge is 0.344 e. The van der Waals surface area contributed by atoms with Crippen molar-refractivity contribution in [1.29, 1.82) is 0 Å². The van der Waals surface area contributed by atoms with E-state index in [1.807, 2.05) is 0 Å². The quantitative estimate of drug-likeness (QED) is 0.758. The summed E-state index contributed by atoms with van der Waals surface area (Å²) in [6.07, 6.45) is 3.35. The van der Waals surface area contributed by atoms with Gasteiger partial charge in [-0.1, -0.05) is 25.1 Å². The van der Waals surface area contributed by atoms with Gasteiger partial charge < -0.3 is 5.32 Å². The summed E-state index contributed by atoms with van der Waals surface area (Å²) in [5.74, 6) is 1.14. The minimum Gasteiger partial charge on any atom is -0.344 e. The third-order valence-electron chi connectivity index (χ3n) is 2.55. The maximum atomic E-state index is 4.41. The number of benzene rings is 1. The Morgan fingerprint density at radius 3 is 2.93 bits per heavy atom. The molecule has 2 heteroatoms. The van der Waals surface area contributed by atoms with Gasteiger partial charge in [0.05, 0.1) is 0 Å². The third kappa shape index (κ3) is 1.95. The number of hydrogen-bond donors (Lipinski definition) is 1. The van der Waals surface area contributed by atoms with Crippen LogP contribution < -0.4 is 5.32 Å². The second-order valence-electron chi connectivity index (χ2n) is 3.57. The highest BCUT2D eigenvalue weighted by molar-refractivity contribution is 5.96. The molecule has 1 aromatic carbocycles. The zero-order chi connectivity index (χ0) is 9.80. The summed E-state index contributed by atoms with van der Waals surface area (Å²) >= 11 is 0. The van der Waals surface area contributed by atoms with E-state index in [4.69, 9.17) is 0 Å². The minimum absolute atomic E-state index is 0.983. The highest BCUT2D eigenvalue weighted by atomic mass is 15.0. The van der Waals surface area contributed by atoms with Crippen molar-refractivity contribution in [2.45, 2.75) is 26.2 Å². The molecule has 1 aromatic rings. The van der Waals surface area contributed by atoms with E-state index in [-0.39, 0.29) is 0 Å². The Kier molecular flexibility index (Phi) is 2.82. The molecule has 0 spiro atoms. The Labute approximate surface area is 85.1 Å². The Morgan fingerprint density at radius 1 is 1.36 bits per heavy atom. The lowest BCUT2D eigenvalue weighted by Gasteiger charge is -2.09. The second kappa shape index (κ2) is 4.27. The molecule has 0 saturated heterocycles. The summed E-state index contributed by atoms with van der Waals surface area (Å²) < 4.78 is 0. The lowest BCUT2D eigenvalue weighted by molar-refractivity contribution is 0.951. The van der Waals surface area contributed by atoms with Gasteiger partial charge in [-0.3, -0.25) is 4.99 Å². The third-order valence-corrected chi connectivity index (χ3v) is 2.55. The molecule has 1 aliphatic rings. The van der Waals surface area contributed by atoms with Gasteiger partial charge in [-0.2, -0.15) is 0 Å². The predicted octanol–water partition coefficient (Wildman–Crippen LogP) is 2.85. The fraction of sp³-hybridized carbons (Fsp3) is 0.417. The first-order valence-electron chi connectivity index (χ1n) is 5.28. The lowest BCUT2D eigenvalue weighted by Crippen LogP contribution is -2.09. The molecule has 1 aliphatic heterocycles. The first-order chi connectivity index (χ1) is 6.90. The summed E-state index contributed by atoms with van der Waals surface area (Å²) in [7, 11) is 0. The molecule has 0 fully saturated rings. The van der Waals surface area contributed by atoms with E-state index in [0.29, 0.717) is 0 Å². The van der Waals surface area contributed by atoms with E-state index in [9.17, 15) is 0 Å². The summed E-state index contributed by atoms with van der Waals surface area (Å²) in [4.78, 5) is 4.41. The summed E-state index contributed by atoms with van der Waals surface area (Å²) in [5, 5.41) is 3.41. The van der Waals surface area contributed by atoms with E-state index in [1.54, 1.807) is 0 Å². The van der Waals surface area contributed by atoms with Crippen molar-refractivity contribution < 1.29 is 0 Å². The van der Waals surface area contributed by atoms with Crippen LogP contribution in [0.3, 0.4) is 0 Å². The van der Waals surface area contributed by atoms with Crippen LogP contribution in [0.4, 0.5) is 5.69 Å². The summed E-state index contributed by atoms with van der Waals surface area (Å²) in [5.41, 5.74) is 2.58. The Morgan fingerprint density at radius 2 is 2.21 bits per heavy atom. The van der Waals surface area contributed by atoms with Crippen molar-refractivity contribution in [3.63, 3.8) is 0 Å². The van der Waals surface area contributed by atoms with Gasteiger partial charge >= 0.3 is 0 Å². The van der Waals surface area contributed by atoms with E-state index in [0.717, 1.165) is 25.2 Å². The molecule has 0 saturated carbocycles. The van der Waals surface area contributed by atoms with Crippen LogP contribution in [-0.2, 0) is 6.42 Å². The second-order valence-corrected chi connectivity index (χ2v) is 3.57. The molecule has 1 N–H and O–H groups in total. The highest BCUT2D eigenvalue weighted by Gasteiger charge is 2.07. The van der Waals surface area contributed by atoms with Crippen LogP contribution in [0.15, 0.2) is 29.3 Å². The highest BCUT2D eigenvalue weighted by Crippen LogP contribution is 2.17. The van der Waals surface area contributed by atoms with Crippen molar-refractivity contribution in [2.75, 3.05) is 11.9 Å². The van der Waals surface area contributed by atoms with E-state index < -0.39 is 0 Å². The smallest absolute Gasteiger partial charge is 0.101 e. The van der Waals surface area contributed by atoms with Crippen molar-refractivity contribution >= 4 is 11.5 Å². The van der Waals surface area contributed by atoms with Gasteiger partial charge in [0, 0.05) is 18.7 Å². The molecule has 0 aromatic heterocycles. The number of aryl methyl sites for hydroxylation is 1. The number of hydrogen-bond acceptors (Lipinski definition) is 2. The monoisotopic (exact) mass is 188 g/mol. The van der Waals surface area contributed by atoms with Gasteiger partial charge in [-0.25, -0.2) is 0 Å².